The summed E-state index contributed by atoms with van der Waals surface area (Å²) in [4.78, 5) is 28.6. The van der Waals surface area contributed by atoms with E-state index < -0.39 is 18.2 Å². The van der Waals surface area contributed by atoms with Crippen LogP contribution in [0.5, 0.6) is 5.75 Å². The van der Waals surface area contributed by atoms with Gasteiger partial charge in [-0.05, 0) is 37.1 Å². The van der Waals surface area contributed by atoms with Gasteiger partial charge in [-0.1, -0.05) is 24.3 Å². The fourth-order valence-electron chi connectivity index (χ4n) is 4.46. The van der Waals surface area contributed by atoms with Gasteiger partial charge in [-0.25, -0.2) is 15.0 Å². The first-order valence-electron chi connectivity index (χ1n) is 10.8. The lowest BCUT2D eigenvalue weighted by atomic mass is 10.1. The Hall–Kier alpha value is -4.59. The Bertz CT molecular complexity index is 1500. The van der Waals surface area contributed by atoms with Gasteiger partial charge in [0.1, 0.15) is 40.7 Å². The number of ether oxygens (including phenoxy) is 1. The third-order valence-electron chi connectivity index (χ3n) is 5.91. The molecule has 2 aromatic carbocycles. The normalized spacial score (nSPS) is 15.5. The molecule has 0 bridgehead atoms. The number of nitriles is 1. The van der Waals surface area contributed by atoms with Crippen molar-refractivity contribution in [3.05, 3.63) is 76.6 Å². The third-order valence-corrected chi connectivity index (χ3v) is 5.91. The summed E-state index contributed by atoms with van der Waals surface area (Å²) < 4.78 is 32.2. The van der Waals surface area contributed by atoms with E-state index in [0.717, 1.165) is 6.42 Å². The number of halogens is 2. The molecule has 176 valence electrons. The molecule has 0 aliphatic carbocycles. The minimum atomic E-state index is -3.09. The van der Waals surface area contributed by atoms with E-state index in [2.05, 4.69) is 20.8 Å². The number of nitrogens with zero attached hydrogens (tertiary/aromatic N) is 6. The Labute approximate surface area is 198 Å². The van der Waals surface area contributed by atoms with Crippen molar-refractivity contribution in [2.75, 3.05) is 17.2 Å². The zero-order chi connectivity index (χ0) is 24.5. The lowest BCUT2D eigenvalue weighted by molar-refractivity contribution is -0.0488. The van der Waals surface area contributed by atoms with Crippen LogP contribution in [0.4, 0.5) is 20.4 Å². The summed E-state index contributed by atoms with van der Waals surface area (Å²) in [5, 5.41) is 9.61. The van der Waals surface area contributed by atoms with E-state index in [9.17, 15) is 18.8 Å². The summed E-state index contributed by atoms with van der Waals surface area (Å²) in [6.07, 6.45) is 2.65. The second-order valence-electron chi connectivity index (χ2n) is 7.90. The van der Waals surface area contributed by atoms with Crippen LogP contribution in [0.3, 0.4) is 0 Å². The van der Waals surface area contributed by atoms with Crippen LogP contribution in [0.25, 0.3) is 16.6 Å². The monoisotopic (exact) mass is 475 g/mol. The van der Waals surface area contributed by atoms with Gasteiger partial charge in [-0.2, -0.15) is 14.0 Å². The van der Waals surface area contributed by atoms with Crippen molar-refractivity contribution < 1.29 is 13.5 Å². The van der Waals surface area contributed by atoms with E-state index in [1.54, 1.807) is 36.4 Å². The number of hydrogen-bond donors (Lipinski definition) is 1. The molecule has 0 amide bonds. The number of nitrogens with two attached hydrogens (primary N) is 1. The second kappa shape index (κ2) is 8.98. The Morgan fingerprint density at radius 3 is 2.69 bits per heavy atom. The molecule has 2 N–H and O–H groups in total. The molecule has 0 saturated carbocycles. The van der Waals surface area contributed by atoms with E-state index in [1.807, 2.05) is 4.90 Å². The van der Waals surface area contributed by atoms with Gasteiger partial charge in [-0.15, -0.1) is 0 Å². The Balaban J connectivity index is 1.77. The van der Waals surface area contributed by atoms with Crippen molar-refractivity contribution in [1.29, 1.82) is 5.26 Å². The van der Waals surface area contributed by atoms with Crippen LogP contribution in [0.1, 0.15) is 30.3 Å². The summed E-state index contributed by atoms with van der Waals surface area (Å²) in [7, 11) is 0. The van der Waals surface area contributed by atoms with E-state index in [-0.39, 0.29) is 28.0 Å². The number of para-hydroxylation sites is 1. The summed E-state index contributed by atoms with van der Waals surface area (Å²) in [6.45, 7) is -2.55. The SMILES string of the molecule is N#Cc1c(N)ncnc1N1CCC[C@H]1c1nc2cccc(OC(F)F)c2c(=O)n1-c1ccccc1. The molecule has 9 nitrogen and oxygen atoms in total. The number of anilines is 2. The highest BCUT2D eigenvalue weighted by Gasteiger charge is 2.34. The van der Waals surface area contributed by atoms with Crippen molar-refractivity contribution in [1.82, 2.24) is 19.5 Å². The average molecular weight is 475 g/mol. The van der Waals surface area contributed by atoms with E-state index in [1.165, 1.54) is 23.0 Å². The zero-order valence-corrected chi connectivity index (χ0v) is 18.3. The predicted octanol–water partition coefficient (Wildman–Crippen LogP) is 3.57. The van der Waals surface area contributed by atoms with Crippen LogP contribution in [-0.2, 0) is 0 Å². The van der Waals surface area contributed by atoms with E-state index in [4.69, 9.17) is 10.7 Å². The van der Waals surface area contributed by atoms with Gasteiger partial charge < -0.3 is 15.4 Å². The quantitative estimate of drug-likeness (QED) is 0.465. The minimum absolute atomic E-state index is 0.0473. The largest absolute Gasteiger partial charge is 0.434 e. The number of alkyl halides is 2. The maximum atomic E-state index is 13.8. The number of benzene rings is 2. The van der Waals surface area contributed by atoms with Crippen molar-refractivity contribution in [2.24, 2.45) is 0 Å². The number of fused-ring (bicyclic) bond motifs is 1. The van der Waals surface area contributed by atoms with Crippen LogP contribution in [0.15, 0.2) is 59.7 Å². The summed E-state index contributed by atoms with van der Waals surface area (Å²) in [6, 6.07) is 14.8. The van der Waals surface area contributed by atoms with E-state index >= 15 is 0 Å². The van der Waals surface area contributed by atoms with Gasteiger partial charge in [0.2, 0.25) is 0 Å². The van der Waals surface area contributed by atoms with Crippen LogP contribution < -0.4 is 20.9 Å². The first-order valence-corrected chi connectivity index (χ1v) is 10.8. The number of aromatic nitrogens is 4. The molecule has 1 saturated heterocycles. The molecule has 1 aliphatic rings. The lowest BCUT2D eigenvalue weighted by Gasteiger charge is -2.28. The first-order chi connectivity index (χ1) is 17.0. The van der Waals surface area contributed by atoms with Gasteiger partial charge in [0.25, 0.3) is 5.56 Å². The fraction of sp³-hybridized carbons (Fsp3) is 0.208. The zero-order valence-electron chi connectivity index (χ0n) is 18.3. The maximum Gasteiger partial charge on any atom is 0.387 e. The highest BCUT2D eigenvalue weighted by molar-refractivity contribution is 5.84. The molecule has 1 fully saturated rings. The Morgan fingerprint density at radius 1 is 1.14 bits per heavy atom. The van der Waals surface area contributed by atoms with Gasteiger partial charge in [0.05, 0.1) is 17.2 Å². The molecule has 0 spiro atoms. The first kappa shape index (κ1) is 22.2. The standard InChI is InChI=1S/C24H19F2N7O2/c25-24(26)35-18-10-4-8-16-19(18)23(34)33(14-6-2-1-3-7-14)22(31-16)17-9-5-11-32(17)21-15(12-27)20(28)29-13-30-21/h1-4,6-8,10,13,17,24H,5,9,11H2,(H2,28,29,30)/t17-/m0/s1. The minimum Gasteiger partial charge on any atom is -0.434 e. The van der Waals surface area contributed by atoms with Gasteiger partial charge in [0, 0.05) is 6.54 Å². The second-order valence-corrected chi connectivity index (χ2v) is 7.90. The summed E-state index contributed by atoms with van der Waals surface area (Å²) in [5.74, 6) is 0.557. The molecule has 3 heterocycles. The van der Waals surface area contributed by atoms with E-state index in [0.29, 0.717) is 30.3 Å². The molecule has 11 heteroatoms. The van der Waals surface area contributed by atoms with Crippen LogP contribution in [-0.4, -0.2) is 32.7 Å². The van der Waals surface area contributed by atoms with Crippen LogP contribution in [0, 0.1) is 11.3 Å². The molecule has 1 atom stereocenters. The summed E-state index contributed by atoms with van der Waals surface area (Å²) in [5.41, 5.74) is 6.26. The number of hydrogen-bond acceptors (Lipinski definition) is 8. The number of nitrogen functional groups attached to an aromatic ring is 1. The van der Waals surface area contributed by atoms with Crippen molar-refractivity contribution in [2.45, 2.75) is 25.5 Å². The summed E-state index contributed by atoms with van der Waals surface area (Å²) >= 11 is 0. The molecule has 0 radical (unpaired) electrons. The topological polar surface area (TPSA) is 123 Å². The van der Waals surface area contributed by atoms with Crippen molar-refractivity contribution in [3.63, 3.8) is 0 Å². The predicted molar refractivity (Wildman–Crippen MR) is 124 cm³/mol. The maximum absolute atomic E-state index is 13.8. The highest BCUT2D eigenvalue weighted by Crippen LogP contribution is 2.38. The highest BCUT2D eigenvalue weighted by atomic mass is 19.3. The van der Waals surface area contributed by atoms with Gasteiger partial charge >= 0.3 is 6.61 Å². The smallest absolute Gasteiger partial charge is 0.387 e. The molecular weight excluding hydrogens is 456 g/mol. The molecule has 1 aliphatic heterocycles. The average Bonchev–Trinajstić information content (AvgIpc) is 3.33. The Kier molecular flexibility index (Phi) is 5.70. The molecular formula is C24H19F2N7O2. The van der Waals surface area contributed by atoms with Crippen LogP contribution >= 0.6 is 0 Å². The lowest BCUT2D eigenvalue weighted by Crippen LogP contribution is -2.32. The Morgan fingerprint density at radius 2 is 1.94 bits per heavy atom. The molecule has 2 aromatic heterocycles. The van der Waals surface area contributed by atoms with Crippen molar-refractivity contribution >= 4 is 22.5 Å². The van der Waals surface area contributed by atoms with Gasteiger partial charge in [-0.3, -0.25) is 9.36 Å². The molecule has 0 unspecified atom stereocenters. The fourth-order valence-corrected chi connectivity index (χ4v) is 4.46. The van der Waals surface area contributed by atoms with Crippen LogP contribution in [0.2, 0.25) is 0 Å². The molecule has 4 aromatic rings. The van der Waals surface area contributed by atoms with Gasteiger partial charge in [0.15, 0.2) is 5.82 Å². The molecule has 35 heavy (non-hydrogen) atoms. The number of rotatable bonds is 5. The van der Waals surface area contributed by atoms with Crippen molar-refractivity contribution in [3.8, 4) is 17.5 Å². The molecule has 5 rings (SSSR count). The third kappa shape index (κ3) is 3.89.